The number of rotatable bonds is 7. The monoisotopic (exact) mass is 383 g/mol. The SMILES string of the molecule is CCC(CNc1ncnc2sccc12)NC(=O)Nc1ccc(C(C)C)cc1. The van der Waals surface area contributed by atoms with Gasteiger partial charge in [-0.1, -0.05) is 32.9 Å². The van der Waals surface area contributed by atoms with Gasteiger partial charge in [0.15, 0.2) is 0 Å². The van der Waals surface area contributed by atoms with Crippen molar-refractivity contribution >= 4 is 39.1 Å². The zero-order chi connectivity index (χ0) is 19.2. The second-order valence-electron chi connectivity index (χ2n) is 6.72. The number of carbonyl (C=O) groups excluding carboxylic acids is 1. The van der Waals surface area contributed by atoms with Gasteiger partial charge in [-0.05, 0) is 41.5 Å². The summed E-state index contributed by atoms with van der Waals surface area (Å²) in [7, 11) is 0. The standard InChI is InChI=1S/C20H25N5OS/c1-4-15(11-21-18-17-9-10-27-19(17)23-12-22-18)24-20(26)25-16-7-5-14(6-8-16)13(2)3/h5-10,12-13,15H,4,11H2,1-3H3,(H,21,22,23)(H2,24,25,26). The highest BCUT2D eigenvalue weighted by atomic mass is 32.1. The smallest absolute Gasteiger partial charge is 0.319 e. The van der Waals surface area contributed by atoms with Gasteiger partial charge in [0.1, 0.15) is 17.0 Å². The molecule has 0 fully saturated rings. The molecule has 0 spiro atoms. The third-order valence-electron chi connectivity index (χ3n) is 4.44. The Kier molecular flexibility index (Phi) is 6.24. The number of carbonyl (C=O) groups is 1. The van der Waals surface area contributed by atoms with E-state index in [1.165, 1.54) is 5.56 Å². The minimum Gasteiger partial charge on any atom is -0.367 e. The molecule has 0 aliphatic heterocycles. The molecule has 3 N–H and O–H groups in total. The van der Waals surface area contributed by atoms with Crippen LogP contribution >= 0.6 is 11.3 Å². The van der Waals surface area contributed by atoms with Crippen LogP contribution in [-0.2, 0) is 0 Å². The minimum absolute atomic E-state index is 0.0106. The molecule has 3 rings (SSSR count). The summed E-state index contributed by atoms with van der Waals surface area (Å²) in [6.45, 7) is 6.94. The van der Waals surface area contributed by atoms with Crippen molar-refractivity contribution in [1.29, 1.82) is 0 Å². The van der Waals surface area contributed by atoms with Gasteiger partial charge in [-0.3, -0.25) is 0 Å². The molecule has 27 heavy (non-hydrogen) atoms. The topological polar surface area (TPSA) is 78.9 Å². The number of nitrogens with one attached hydrogen (secondary N) is 3. The molecule has 0 bridgehead atoms. The van der Waals surface area contributed by atoms with Crippen LogP contribution in [0.3, 0.4) is 0 Å². The van der Waals surface area contributed by atoms with Crippen molar-refractivity contribution < 1.29 is 4.79 Å². The summed E-state index contributed by atoms with van der Waals surface area (Å²) in [6, 6.07) is 9.74. The molecule has 142 valence electrons. The summed E-state index contributed by atoms with van der Waals surface area (Å²) in [5.74, 6) is 1.27. The fraction of sp³-hybridized carbons (Fsp3) is 0.350. The molecule has 0 radical (unpaired) electrons. The summed E-state index contributed by atoms with van der Waals surface area (Å²) in [4.78, 5) is 21.8. The van der Waals surface area contributed by atoms with E-state index in [4.69, 9.17) is 0 Å². The predicted molar refractivity (Wildman–Crippen MR) is 113 cm³/mol. The second kappa shape index (κ2) is 8.81. The maximum absolute atomic E-state index is 12.3. The summed E-state index contributed by atoms with van der Waals surface area (Å²) < 4.78 is 0. The van der Waals surface area contributed by atoms with Gasteiger partial charge in [0.25, 0.3) is 0 Å². The number of hydrogen-bond donors (Lipinski definition) is 3. The Morgan fingerprint density at radius 2 is 1.93 bits per heavy atom. The van der Waals surface area contributed by atoms with Gasteiger partial charge < -0.3 is 16.0 Å². The van der Waals surface area contributed by atoms with E-state index < -0.39 is 0 Å². The lowest BCUT2D eigenvalue weighted by molar-refractivity contribution is 0.248. The Hall–Kier alpha value is -2.67. The maximum Gasteiger partial charge on any atom is 0.319 e. The Labute approximate surface area is 163 Å². The van der Waals surface area contributed by atoms with Crippen LogP contribution in [0.4, 0.5) is 16.3 Å². The fourth-order valence-electron chi connectivity index (χ4n) is 2.75. The molecule has 1 atom stereocenters. The van der Waals surface area contributed by atoms with Crippen LogP contribution in [0.15, 0.2) is 42.0 Å². The van der Waals surface area contributed by atoms with Crippen molar-refractivity contribution in [3.63, 3.8) is 0 Å². The van der Waals surface area contributed by atoms with Gasteiger partial charge in [0, 0.05) is 18.3 Å². The first-order chi connectivity index (χ1) is 13.1. The normalized spacial score (nSPS) is 12.1. The highest BCUT2D eigenvalue weighted by Crippen LogP contribution is 2.23. The lowest BCUT2D eigenvalue weighted by atomic mass is 10.0. The van der Waals surface area contributed by atoms with Gasteiger partial charge in [-0.25, -0.2) is 14.8 Å². The molecule has 2 amide bonds. The maximum atomic E-state index is 12.3. The van der Waals surface area contributed by atoms with Crippen molar-refractivity contribution in [2.24, 2.45) is 0 Å². The van der Waals surface area contributed by atoms with E-state index in [1.807, 2.05) is 42.6 Å². The number of thiophene rings is 1. The van der Waals surface area contributed by atoms with E-state index in [0.717, 1.165) is 28.1 Å². The minimum atomic E-state index is -0.204. The quantitative estimate of drug-likeness (QED) is 0.546. The van der Waals surface area contributed by atoms with E-state index >= 15 is 0 Å². The molecular weight excluding hydrogens is 358 g/mol. The highest BCUT2D eigenvalue weighted by Gasteiger charge is 2.12. The summed E-state index contributed by atoms with van der Waals surface area (Å²) >= 11 is 1.59. The van der Waals surface area contributed by atoms with Crippen LogP contribution in [0, 0.1) is 0 Å². The van der Waals surface area contributed by atoms with Gasteiger partial charge in [0.2, 0.25) is 0 Å². The van der Waals surface area contributed by atoms with E-state index in [2.05, 4.69) is 39.8 Å². The van der Waals surface area contributed by atoms with Crippen LogP contribution in [0.1, 0.15) is 38.7 Å². The van der Waals surface area contributed by atoms with Crippen molar-refractivity contribution in [1.82, 2.24) is 15.3 Å². The molecule has 0 saturated heterocycles. The summed E-state index contributed by atoms with van der Waals surface area (Å²) in [5.41, 5.74) is 2.04. The first-order valence-electron chi connectivity index (χ1n) is 9.16. The van der Waals surface area contributed by atoms with Crippen molar-refractivity contribution in [2.45, 2.75) is 39.2 Å². The number of nitrogens with zero attached hydrogens (tertiary/aromatic N) is 2. The molecule has 0 saturated carbocycles. The number of fused-ring (bicyclic) bond motifs is 1. The zero-order valence-electron chi connectivity index (χ0n) is 15.8. The van der Waals surface area contributed by atoms with Gasteiger partial charge in [-0.2, -0.15) is 0 Å². The van der Waals surface area contributed by atoms with E-state index in [0.29, 0.717) is 12.5 Å². The number of aromatic nitrogens is 2. The molecule has 6 nitrogen and oxygen atoms in total. The molecule has 0 aliphatic rings. The van der Waals surface area contributed by atoms with Crippen molar-refractivity contribution in [3.05, 3.63) is 47.6 Å². The Morgan fingerprint density at radius 3 is 2.63 bits per heavy atom. The molecule has 3 aromatic rings. The van der Waals surface area contributed by atoms with Crippen LogP contribution < -0.4 is 16.0 Å². The summed E-state index contributed by atoms with van der Waals surface area (Å²) in [5, 5.41) is 12.2. The molecule has 1 unspecified atom stereocenters. The van der Waals surface area contributed by atoms with E-state index in [1.54, 1.807) is 17.7 Å². The van der Waals surface area contributed by atoms with Crippen molar-refractivity contribution in [3.8, 4) is 0 Å². The Balaban J connectivity index is 1.54. The number of amides is 2. The number of benzene rings is 1. The van der Waals surface area contributed by atoms with Gasteiger partial charge in [-0.15, -0.1) is 11.3 Å². The first kappa shape index (κ1) is 19.1. The van der Waals surface area contributed by atoms with E-state index in [9.17, 15) is 4.79 Å². The average Bonchev–Trinajstić information content (AvgIpc) is 3.15. The van der Waals surface area contributed by atoms with Crippen LogP contribution in [-0.4, -0.2) is 28.6 Å². The second-order valence-corrected chi connectivity index (χ2v) is 7.62. The molecule has 2 heterocycles. The number of anilines is 2. The lowest BCUT2D eigenvalue weighted by Crippen LogP contribution is -2.41. The lowest BCUT2D eigenvalue weighted by Gasteiger charge is -2.19. The van der Waals surface area contributed by atoms with E-state index in [-0.39, 0.29) is 12.1 Å². The summed E-state index contributed by atoms with van der Waals surface area (Å²) in [6.07, 6.45) is 2.37. The first-order valence-corrected chi connectivity index (χ1v) is 10.0. The Morgan fingerprint density at radius 1 is 1.15 bits per heavy atom. The highest BCUT2D eigenvalue weighted by molar-refractivity contribution is 7.16. The third-order valence-corrected chi connectivity index (χ3v) is 5.26. The third kappa shape index (κ3) is 4.95. The van der Waals surface area contributed by atoms with Crippen LogP contribution in [0.25, 0.3) is 10.2 Å². The zero-order valence-corrected chi connectivity index (χ0v) is 16.6. The number of urea groups is 1. The van der Waals surface area contributed by atoms with Gasteiger partial charge in [0.05, 0.1) is 5.39 Å². The number of hydrogen-bond acceptors (Lipinski definition) is 5. The molecule has 1 aromatic carbocycles. The largest absolute Gasteiger partial charge is 0.367 e. The fourth-order valence-corrected chi connectivity index (χ4v) is 3.48. The van der Waals surface area contributed by atoms with Crippen LogP contribution in [0.5, 0.6) is 0 Å². The van der Waals surface area contributed by atoms with Crippen LogP contribution in [0.2, 0.25) is 0 Å². The predicted octanol–water partition coefficient (Wildman–Crippen LogP) is 4.83. The molecular formula is C20H25N5OS. The molecule has 2 aromatic heterocycles. The van der Waals surface area contributed by atoms with Gasteiger partial charge >= 0.3 is 6.03 Å². The Bertz CT molecular complexity index is 891. The average molecular weight is 384 g/mol. The van der Waals surface area contributed by atoms with Crippen molar-refractivity contribution in [2.75, 3.05) is 17.2 Å². The molecule has 7 heteroatoms. The molecule has 0 aliphatic carbocycles.